The number of nitrogens with zero attached hydrogens (tertiary/aromatic N) is 2. The van der Waals surface area contributed by atoms with Crippen LogP contribution in [0.1, 0.15) is 77.0 Å². The van der Waals surface area contributed by atoms with Crippen LogP contribution in [0.5, 0.6) is 11.5 Å². The molecule has 3 aromatic carbocycles. The van der Waals surface area contributed by atoms with Crippen molar-refractivity contribution < 1.29 is 37.5 Å². The summed E-state index contributed by atoms with van der Waals surface area (Å²) in [7, 11) is 1.81. The maximum absolute atomic E-state index is 13.7. The molecule has 1 amide bonds. The average molecular weight is 774 g/mol. The van der Waals surface area contributed by atoms with Crippen molar-refractivity contribution in [2.24, 2.45) is 5.92 Å². The highest BCUT2D eigenvalue weighted by molar-refractivity contribution is 7.44. The molecule has 2 aliphatic heterocycles. The Hall–Kier alpha value is -4.17. The van der Waals surface area contributed by atoms with Crippen molar-refractivity contribution in [1.82, 2.24) is 9.99 Å². The van der Waals surface area contributed by atoms with Gasteiger partial charge in [0.1, 0.15) is 22.9 Å². The van der Waals surface area contributed by atoms with Crippen molar-refractivity contribution in [3.63, 3.8) is 0 Å². The number of benzene rings is 3. The second-order valence-corrected chi connectivity index (χ2v) is 15.7. The number of amides is 1. The Bertz CT molecular complexity index is 1670. The molecule has 1 N–H and O–H groups in total. The summed E-state index contributed by atoms with van der Waals surface area (Å²) in [6.07, 6.45) is 1.53. The van der Waals surface area contributed by atoms with Gasteiger partial charge in [-0.2, -0.15) is 5.26 Å². The van der Waals surface area contributed by atoms with E-state index in [0.29, 0.717) is 31.2 Å². The van der Waals surface area contributed by atoms with Crippen molar-refractivity contribution in [3.8, 4) is 17.6 Å². The molecule has 0 aromatic heterocycles. The molecule has 4 atom stereocenters. The molecule has 2 unspecified atom stereocenters. The molecule has 11 nitrogen and oxygen atoms in total. The molecule has 296 valence electrons. The van der Waals surface area contributed by atoms with Gasteiger partial charge in [-0.15, -0.1) is 0 Å². The van der Waals surface area contributed by atoms with Gasteiger partial charge in [-0.25, -0.2) is 4.67 Å². The summed E-state index contributed by atoms with van der Waals surface area (Å²) in [6, 6.07) is 28.1. The number of nitriles is 1. The second-order valence-electron chi connectivity index (χ2n) is 14.3. The summed E-state index contributed by atoms with van der Waals surface area (Å²) in [6.45, 7) is 11.8. The summed E-state index contributed by atoms with van der Waals surface area (Å²) in [5.74, 6) is 2.60. The van der Waals surface area contributed by atoms with E-state index in [4.69, 9.17) is 38.0 Å². The molecule has 3 aromatic rings. The van der Waals surface area contributed by atoms with E-state index in [1.807, 2.05) is 73.7 Å². The summed E-state index contributed by atoms with van der Waals surface area (Å²) in [5.41, 5.74) is 1.82. The van der Waals surface area contributed by atoms with Crippen LogP contribution in [-0.4, -0.2) is 75.5 Å². The van der Waals surface area contributed by atoms with Gasteiger partial charge in [0.15, 0.2) is 5.76 Å². The van der Waals surface area contributed by atoms with E-state index < -0.39 is 20.2 Å². The maximum Gasteiger partial charge on any atom is 0.321 e. The van der Waals surface area contributed by atoms with Crippen LogP contribution in [0, 0.1) is 17.2 Å². The van der Waals surface area contributed by atoms with Crippen LogP contribution in [0.25, 0.3) is 0 Å². The molecule has 12 heteroatoms. The molecule has 0 saturated carbocycles. The first-order chi connectivity index (χ1) is 26.6. The Labute approximate surface area is 327 Å². The van der Waals surface area contributed by atoms with Crippen molar-refractivity contribution in [2.45, 2.75) is 90.1 Å². The molecule has 0 aliphatic carbocycles. The minimum absolute atomic E-state index is 0.0615. The third-order valence-corrected chi connectivity index (χ3v) is 12.0. The quantitative estimate of drug-likeness (QED) is 0.0683. The number of hydrogen-bond donors (Lipinski definition) is 1. The first kappa shape index (κ1) is 42.0. The van der Waals surface area contributed by atoms with E-state index in [1.54, 1.807) is 14.2 Å². The standard InChI is InChI=1S/C43H56N3O8P/c1-30(2)46(31(3)4)55(53-25-11-24-44)54-39-23-27-51-42(39)32(5)45-41(47)28-33-22-26-50-40(33)29-52-43(34-12-9-8-10-13-34,35-14-18-37(48-6)19-15-35)36-16-20-38(49-7)21-17-36/h8-10,12-21,30-33,40H,11,22-23,25-29H2,1-7H3,(H,45,47)/t32-,33?,40+,55?/m0/s1. The maximum atomic E-state index is 13.7. The Balaban J connectivity index is 1.32. The molecule has 5 rings (SSSR count). The number of nitrogens with one attached hydrogen (secondary N) is 1. The molecule has 2 heterocycles. The van der Waals surface area contributed by atoms with Gasteiger partial charge >= 0.3 is 8.53 Å². The zero-order valence-electron chi connectivity index (χ0n) is 33.2. The normalized spacial score (nSPS) is 18.3. The zero-order chi connectivity index (χ0) is 39.4. The van der Waals surface area contributed by atoms with Crippen molar-refractivity contribution in [3.05, 3.63) is 107 Å². The number of carbonyl (C=O) groups excluding carboxylic acids is 1. The van der Waals surface area contributed by atoms with Crippen LogP contribution in [0.2, 0.25) is 0 Å². The van der Waals surface area contributed by atoms with Gasteiger partial charge in [-0.05, 0) is 87.9 Å². The third kappa shape index (κ3) is 10.4. The van der Waals surface area contributed by atoms with Crippen LogP contribution in [-0.2, 0) is 33.7 Å². The first-order valence-corrected chi connectivity index (χ1v) is 20.3. The number of rotatable bonds is 20. The summed E-state index contributed by atoms with van der Waals surface area (Å²) in [4.78, 5) is 13.7. The molecule has 0 bridgehead atoms. The number of methoxy groups -OCH3 is 2. The molecule has 55 heavy (non-hydrogen) atoms. The lowest BCUT2D eigenvalue weighted by atomic mass is 9.80. The second kappa shape index (κ2) is 20.1. The Morgan fingerprint density at radius 1 is 0.909 bits per heavy atom. The fourth-order valence-corrected chi connectivity index (χ4v) is 8.94. The van der Waals surface area contributed by atoms with E-state index in [9.17, 15) is 4.79 Å². The van der Waals surface area contributed by atoms with Crippen LogP contribution < -0.4 is 14.8 Å². The number of ether oxygens (including phenoxy) is 5. The van der Waals surface area contributed by atoms with Crippen LogP contribution in [0.15, 0.2) is 90.4 Å². The predicted molar refractivity (Wildman–Crippen MR) is 212 cm³/mol. The fourth-order valence-electron chi connectivity index (χ4n) is 7.29. The molecular weight excluding hydrogens is 717 g/mol. The first-order valence-electron chi connectivity index (χ1n) is 19.1. The van der Waals surface area contributed by atoms with Gasteiger partial charge in [0, 0.05) is 31.5 Å². The van der Waals surface area contributed by atoms with E-state index in [1.165, 1.54) is 0 Å². The minimum Gasteiger partial charge on any atom is -0.497 e. The Kier molecular flexibility index (Phi) is 15.4. The lowest BCUT2D eigenvalue weighted by Crippen LogP contribution is -2.39. The van der Waals surface area contributed by atoms with Crippen LogP contribution in [0.4, 0.5) is 0 Å². The topological polar surface area (TPSA) is 121 Å². The monoisotopic (exact) mass is 773 g/mol. The summed E-state index contributed by atoms with van der Waals surface area (Å²) < 4.78 is 45.2. The van der Waals surface area contributed by atoms with E-state index in [-0.39, 0.29) is 56.1 Å². The van der Waals surface area contributed by atoms with Gasteiger partial charge in [-0.1, -0.05) is 54.6 Å². The Morgan fingerprint density at radius 2 is 1.51 bits per heavy atom. The smallest absolute Gasteiger partial charge is 0.321 e. The highest BCUT2D eigenvalue weighted by Gasteiger charge is 2.41. The van der Waals surface area contributed by atoms with E-state index >= 15 is 0 Å². The zero-order valence-corrected chi connectivity index (χ0v) is 34.1. The van der Waals surface area contributed by atoms with Crippen molar-refractivity contribution >= 4 is 14.4 Å². The minimum atomic E-state index is -1.50. The SMILES string of the molecule is COc1ccc(C(OC[C@H]2OCCC2CC(=O)N[C@@H](C)C2=C(OP(OCCC#N)N(C(C)C)C(C)C)CCO2)(c2ccccc2)c2ccc(OC)cc2)cc1. The van der Waals surface area contributed by atoms with Crippen molar-refractivity contribution in [1.29, 1.82) is 5.26 Å². The summed E-state index contributed by atoms with van der Waals surface area (Å²) >= 11 is 0. The molecule has 0 spiro atoms. The van der Waals surface area contributed by atoms with Gasteiger partial charge in [0.25, 0.3) is 0 Å². The largest absolute Gasteiger partial charge is 0.497 e. The highest BCUT2D eigenvalue weighted by Crippen LogP contribution is 2.50. The lowest BCUT2D eigenvalue weighted by Gasteiger charge is -2.37. The molecule has 1 fully saturated rings. The van der Waals surface area contributed by atoms with E-state index in [2.05, 4.69) is 55.9 Å². The van der Waals surface area contributed by atoms with Crippen molar-refractivity contribution in [2.75, 3.05) is 40.6 Å². The molecule has 0 radical (unpaired) electrons. The van der Waals surface area contributed by atoms with Gasteiger partial charge < -0.3 is 38.0 Å². The molecular formula is C43H56N3O8P. The molecule has 1 saturated heterocycles. The van der Waals surface area contributed by atoms with Gasteiger partial charge in [0.05, 0.1) is 58.7 Å². The van der Waals surface area contributed by atoms with Crippen LogP contribution >= 0.6 is 8.53 Å². The number of hydrogen-bond acceptors (Lipinski definition) is 10. The van der Waals surface area contributed by atoms with Gasteiger partial charge in [0.2, 0.25) is 5.91 Å². The predicted octanol–water partition coefficient (Wildman–Crippen LogP) is 8.24. The fraction of sp³-hybridized carbons (Fsp3) is 0.488. The van der Waals surface area contributed by atoms with Crippen LogP contribution in [0.3, 0.4) is 0 Å². The Morgan fingerprint density at radius 3 is 2.07 bits per heavy atom. The van der Waals surface area contributed by atoms with E-state index in [0.717, 1.165) is 34.6 Å². The molecule has 2 aliphatic rings. The van der Waals surface area contributed by atoms with Gasteiger partial charge in [-0.3, -0.25) is 4.79 Å². The number of carbonyl (C=O) groups is 1. The third-order valence-electron chi connectivity index (χ3n) is 9.91. The lowest BCUT2D eigenvalue weighted by molar-refractivity contribution is -0.123. The average Bonchev–Trinajstić information content (AvgIpc) is 3.85. The highest BCUT2D eigenvalue weighted by atomic mass is 31.2. The summed E-state index contributed by atoms with van der Waals surface area (Å²) in [5, 5.41) is 12.3.